The first-order valence-electron chi connectivity index (χ1n) is 4.89. The Bertz CT molecular complexity index is 138. The molecule has 0 aliphatic carbocycles. The molecule has 0 aliphatic heterocycles. The molecule has 13 heavy (non-hydrogen) atoms. The molecule has 75 valence electrons. The summed E-state index contributed by atoms with van der Waals surface area (Å²) in [6.45, 7) is 6.50. The van der Waals surface area contributed by atoms with Crippen LogP contribution >= 0.6 is 0 Å². The fourth-order valence-corrected chi connectivity index (χ4v) is 1.33. The first kappa shape index (κ1) is 12.9. The molecule has 3 heteroatoms. The van der Waals surface area contributed by atoms with E-state index in [0.717, 1.165) is 19.1 Å². The van der Waals surface area contributed by atoms with Crippen molar-refractivity contribution >= 4 is 10.2 Å². The SMILES string of the molecule is CCN(C)C(C=CC[Si])N(C)CC. The lowest BCUT2D eigenvalue weighted by Gasteiger charge is -2.31. The van der Waals surface area contributed by atoms with Crippen LogP contribution in [0.1, 0.15) is 13.8 Å². The second kappa shape index (κ2) is 7.30. The van der Waals surface area contributed by atoms with Crippen molar-refractivity contribution in [2.45, 2.75) is 26.1 Å². The third-order valence-electron chi connectivity index (χ3n) is 2.33. The molecule has 0 aromatic carbocycles. The quantitative estimate of drug-likeness (QED) is 0.360. The minimum absolute atomic E-state index is 0.423. The minimum Gasteiger partial charge on any atom is -0.288 e. The van der Waals surface area contributed by atoms with Gasteiger partial charge in [-0.25, -0.2) is 0 Å². The normalized spacial score (nSPS) is 12.6. The average molecular weight is 197 g/mol. The molecule has 0 aliphatic rings. The Labute approximate surface area is 86.0 Å². The zero-order valence-corrected chi connectivity index (χ0v) is 10.2. The molecular formula is C10H21N2Si. The second-order valence-electron chi connectivity index (χ2n) is 3.19. The average Bonchev–Trinajstić information content (AvgIpc) is 2.17. The zero-order valence-electron chi connectivity index (χ0n) is 9.25. The van der Waals surface area contributed by atoms with Crippen molar-refractivity contribution in [2.24, 2.45) is 0 Å². The molecular weight excluding hydrogens is 176 g/mol. The van der Waals surface area contributed by atoms with E-state index in [1.54, 1.807) is 0 Å². The van der Waals surface area contributed by atoms with E-state index in [2.05, 4.69) is 60.1 Å². The van der Waals surface area contributed by atoms with Gasteiger partial charge in [-0.05, 0) is 33.2 Å². The highest BCUT2D eigenvalue weighted by atomic mass is 28.1. The molecule has 0 unspecified atom stereocenters. The Morgan fingerprint density at radius 1 is 1.15 bits per heavy atom. The highest BCUT2D eigenvalue weighted by molar-refractivity contribution is 6.09. The third kappa shape index (κ3) is 4.60. The summed E-state index contributed by atoms with van der Waals surface area (Å²) in [6.07, 6.45) is 4.81. The van der Waals surface area contributed by atoms with E-state index in [1.165, 1.54) is 0 Å². The summed E-state index contributed by atoms with van der Waals surface area (Å²) in [7, 11) is 7.74. The van der Waals surface area contributed by atoms with E-state index in [9.17, 15) is 0 Å². The fourth-order valence-electron chi connectivity index (χ4n) is 1.19. The summed E-state index contributed by atoms with van der Waals surface area (Å²) in [5.41, 5.74) is 0. The van der Waals surface area contributed by atoms with Crippen LogP contribution in [0.25, 0.3) is 0 Å². The van der Waals surface area contributed by atoms with Gasteiger partial charge in [-0.15, -0.1) is 0 Å². The standard InChI is InChI=1S/C10H21N2Si/c1-5-11(3)10(8-7-9-13)12(4)6-2/h7-8,10H,5-6,9H2,1-4H3. The topological polar surface area (TPSA) is 6.48 Å². The lowest BCUT2D eigenvalue weighted by molar-refractivity contribution is 0.131. The van der Waals surface area contributed by atoms with E-state index >= 15 is 0 Å². The van der Waals surface area contributed by atoms with Crippen LogP contribution in [0.2, 0.25) is 6.04 Å². The van der Waals surface area contributed by atoms with Crippen molar-refractivity contribution in [1.82, 2.24) is 9.80 Å². The summed E-state index contributed by atoms with van der Waals surface area (Å²) in [5.74, 6) is 0. The molecule has 0 N–H and O–H groups in total. The number of rotatable bonds is 6. The Balaban J connectivity index is 4.26. The van der Waals surface area contributed by atoms with Gasteiger partial charge in [-0.2, -0.15) is 0 Å². The summed E-state index contributed by atoms with van der Waals surface area (Å²) < 4.78 is 0. The molecule has 0 saturated heterocycles. The summed E-state index contributed by atoms with van der Waals surface area (Å²) in [6, 6.07) is 0.922. The molecule has 0 spiro atoms. The summed E-state index contributed by atoms with van der Waals surface area (Å²) in [4.78, 5) is 4.64. The maximum Gasteiger partial charge on any atom is 0.0809 e. The highest BCUT2D eigenvalue weighted by Gasteiger charge is 2.12. The first-order chi connectivity index (χ1) is 6.17. The van der Waals surface area contributed by atoms with Crippen molar-refractivity contribution in [3.8, 4) is 0 Å². The molecule has 2 nitrogen and oxygen atoms in total. The van der Waals surface area contributed by atoms with Crippen molar-refractivity contribution in [3.63, 3.8) is 0 Å². The molecule has 0 aromatic heterocycles. The predicted octanol–water partition coefficient (Wildman–Crippen LogP) is 1.36. The van der Waals surface area contributed by atoms with E-state index in [4.69, 9.17) is 0 Å². The fraction of sp³-hybridized carbons (Fsp3) is 0.800. The Morgan fingerprint density at radius 3 is 1.92 bits per heavy atom. The second-order valence-corrected chi connectivity index (χ2v) is 3.60. The van der Waals surface area contributed by atoms with E-state index in [1.807, 2.05) is 0 Å². The van der Waals surface area contributed by atoms with Gasteiger partial charge in [0.05, 0.1) is 6.17 Å². The Hall–Kier alpha value is -0.123. The number of nitrogens with zero attached hydrogens (tertiary/aromatic N) is 2. The van der Waals surface area contributed by atoms with Crippen molar-refractivity contribution in [1.29, 1.82) is 0 Å². The van der Waals surface area contributed by atoms with Gasteiger partial charge in [0.1, 0.15) is 0 Å². The van der Waals surface area contributed by atoms with Crippen LogP contribution in [0.15, 0.2) is 12.2 Å². The molecule has 0 atom stereocenters. The molecule has 0 amide bonds. The van der Waals surface area contributed by atoms with E-state index in [-0.39, 0.29) is 0 Å². The maximum absolute atomic E-state index is 3.44. The zero-order chi connectivity index (χ0) is 10.3. The molecule has 0 rings (SSSR count). The van der Waals surface area contributed by atoms with Crippen LogP contribution in [0.3, 0.4) is 0 Å². The van der Waals surface area contributed by atoms with Crippen LogP contribution in [0, 0.1) is 0 Å². The minimum atomic E-state index is 0.423. The van der Waals surface area contributed by atoms with Gasteiger partial charge in [0, 0.05) is 10.2 Å². The highest BCUT2D eigenvalue weighted by Crippen LogP contribution is 2.03. The number of likely N-dealkylation sites (N-methyl/N-ethyl adjacent to an activating group) is 2. The van der Waals surface area contributed by atoms with E-state index < -0.39 is 0 Å². The van der Waals surface area contributed by atoms with E-state index in [0.29, 0.717) is 6.17 Å². The van der Waals surface area contributed by atoms with Crippen LogP contribution in [-0.2, 0) is 0 Å². The van der Waals surface area contributed by atoms with Crippen molar-refractivity contribution in [2.75, 3.05) is 27.2 Å². The Kier molecular flexibility index (Phi) is 7.23. The largest absolute Gasteiger partial charge is 0.288 e. The van der Waals surface area contributed by atoms with Gasteiger partial charge in [0.15, 0.2) is 0 Å². The first-order valence-corrected chi connectivity index (χ1v) is 5.59. The molecule has 0 saturated carbocycles. The Morgan fingerprint density at radius 2 is 1.62 bits per heavy atom. The lowest BCUT2D eigenvalue weighted by atomic mass is 10.3. The summed E-state index contributed by atoms with van der Waals surface area (Å²) >= 11 is 0. The predicted molar refractivity (Wildman–Crippen MR) is 60.1 cm³/mol. The smallest absolute Gasteiger partial charge is 0.0809 e. The lowest BCUT2D eigenvalue weighted by Crippen LogP contribution is -2.43. The maximum atomic E-state index is 3.44. The van der Waals surface area contributed by atoms with Crippen LogP contribution < -0.4 is 0 Å². The van der Waals surface area contributed by atoms with Gasteiger partial charge >= 0.3 is 0 Å². The van der Waals surface area contributed by atoms with Gasteiger partial charge in [-0.3, -0.25) is 9.80 Å². The number of allylic oxidation sites excluding steroid dienone is 1. The molecule has 0 fully saturated rings. The number of hydrogen-bond acceptors (Lipinski definition) is 2. The van der Waals surface area contributed by atoms with Gasteiger partial charge in [0.2, 0.25) is 0 Å². The molecule has 0 bridgehead atoms. The number of hydrogen-bond donors (Lipinski definition) is 0. The third-order valence-corrected chi connectivity index (χ3v) is 2.56. The van der Waals surface area contributed by atoms with Crippen molar-refractivity contribution in [3.05, 3.63) is 12.2 Å². The van der Waals surface area contributed by atoms with Gasteiger partial charge < -0.3 is 0 Å². The molecule has 0 heterocycles. The van der Waals surface area contributed by atoms with Gasteiger partial charge in [0.25, 0.3) is 0 Å². The van der Waals surface area contributed by atoms with Crippen LogP contribution in [-0.4, -0.2) is 53.4 Å². The van der Waals surface area contributed by atoms with Crippen LogP contribution in [0.5, 0.6) is 0 Å². The van der Waals surface area contributed by atoms with Crippen LogP contribution in [0.4, 0.5) is 0 Å². The van der Waals surface area contributed by atoms with Gasteiger partial charge in [-0.1, -0.05) is 26.0 Å². The molecule has 0 aromatic rings. The summed E-state index contributed by atoms with van der Waals surface area (Å²) in [5, 5.41) is 0. The monoisotopic (exact) mass is 197 g/mol. The van der Waals surface area contributed by atoms with Crippen molar-refractivity contribution < 1.29 is 0 Å². The molecule has 3 radical (unpaired) electrons.